The fraction of sp³-hybridized carbons (Fsp3) is 0.417. The van der Waals surface area contributed by atoms with Crippen molar-refractivity contribution in [3.8, 4) is 0 Å². The van der Waals surface area contributed by atoms with Crippen molar-refractivity contribution >= 4 is 21.9 Å². The fourth-order valence-corrected chi connectivity index (χ4v) is 5.09. The molecule has 0 bridgehead atoms. The lowest BCUT2D eigenvalue weighted by atomic mass is 10.0. The summed E-state index contributed by atoms with van der Waals surface area (Å²) in [6.07, 6.45) is 1.68. The third-order valence-electron chi connectivity index (χ3n) is 6.05. The van der Waals surface area contributed by atoms with Gasteiger partial charge in [-0.2, -0.15) is 4.31 Å². The average Bonchev–Trinajstić information content (AvgIpc) is 2.82. The van der Waals surface area contributed by atoms with Gasteiger partial charge in [0, 0.05) is 20.1 Å². The Morgan fingerprint density at radius 3 is 2.25 bits per heavy atom. The number of sulfonamides is 1. The van der Waals surface area contributed by atoms with E-state index >= 15 is 0 Å². The molecule has 1 atom stereocenters. The average molecular weight is 459 g/mol. The van der Waals surface area contributed by atoms with Crippen molar-refractivity contribution in [2.45, 2.75) is 37.6 Å². The summed E-state index contributed by atoms with van der Waals surface area (Å²) < 4.78 is 32.3. The van der Waals surface area contributed by atoms with Gasteiger partial charge >= 0.3 is 5.97 Å². The highest BCUT2D eigenvalue weighted by molar-refractivity contribution is 7.89. The van der Waals surface area contributed by atoms with Crippen LogP contribution in [0.1, 0.15) is 48.7 Å². The highest BCUT2D eigenvalue weighted by atomic mass is 32.2. The molecule has 0 radical (unpaired) electrons. The van der Waals surface area contributed by atoms with Gasteiger partial charge in [-0.05, 0) is 55.5 Å². The number of rotatable bonds is 7. The highest BCUT2D eigenvalue weighted by Gasteiger charge is 2.28. The van der Waals surface area contributed by atoms with Crippen molar-refractivity contribution in [3.63, 3.8) is 0 Å². The Morgan fingerprint density at radius 1 is 1.06 bits per heavy atom. The number of likely N-dealkylation sites (N-methyl/N-ethyl adjacent to an activating group) is 1. The van der Waals surface area contributed by atoms with Crippen molar-refractivity contribution in [2.24, 2.45) is 5.92 Å². The zero-order valence-electron chi connectivity index (χ0n) is 18.7. The fourth-order valence-electron chi connectivity index (χ4n) is 3.62. The number of nitrogens with zero attached hydrogens (tertiary/aromatic N) is 2. The molecule has 0 spiro atoms. The molecule has 8 heteroatoms. The van der Waals surface area contributed by atoms with Gasteiger partial charge in [-0.1, -0.05) is 37.3 Å². The molecule has 1 aliphatic heterocycles. The number of hydrogen-bond acceptors (Lipinski definition) is 5. The molecule has 0 aliphatic carbocycles. The molecule has 1 saturated heterocycles. The minimum absolute atomic E-state index is 0.149. The Kier molecular flexibility index (Phi) is 7.69. The molecule has 1 unspecified atom stereocenters. The number of carbonyl (C=O) groups excluding carboxylic acids is 2. The summed E-state index contributed by atoms with van der Waals surface area (Å²) in [4.78, 5) is 26.5. The van der Waals surface area contributed by atoms with Gasteiger partial charge in [0.25, 0.3) is 5.91 Å². The maximum absolute atomic E-state index is 12.8. The Hall–Kier alpha value is -2.71. The second-order valence-electron chi connectivity index (χ2n) is 8.28. The predicted octanol–water partition coefficient (Wildman–Crippen LogP) is 3.48. The van der Waals surface area contributed by atoms with Crippen LogP contribution in [0.4, 0.5) is 0 Å². The molecule has 1 amide bonds. The molecule has 32 heavy (non-hydrogen) atoms. The standard InChI is InChI=1S/C24H30N2O5S/c1-18-13-15-26(16-14-18)32(29,30)22-11-9-21(10-12-22)24(28)31-17-23(27)25(3)19(2)20-7-5-4-6-8-20/h4-12,18-19H,13-17H2,1-3H3. The van der Waals surface area contributed by atoms with Gasteiger partial charge in [0.05, 0.1) is 16.5 Å². The topological polar surface area (TPSA) is 84.0 Å². The van der Waals surface area contributed by atoms with E-state index in [-0.39, 0.29) is 22.4 Å². The van der Waals surface area contributed by atoms with Crippen LogP contribution in [-0.2, 0) is 19.6 Å². The molecule has 3 rings (SSSR count). The number of hydrogen-bond donors (Lipinski definition) is 0. The summed E-state index contributed by atoms with van der Waals surface area (Å²) in [5, 5.41) is 0. The summed E-state index contributed by atoms with van der Waals surface area (Å²) in [6.45, 7) is 4.64. The Balaban J connectivity index is 1.57. The van der Waals surface area contributed by atoms with Crippen LogP contribution >= 0.6 is 0 Å². The van der Waals surface area contributed by atoms with E-state index in [9.17, 15) is 18.0 Å². The minimum atomic E-state index is -3.58. The summed E-state index contributed by atoms with van der Waals surface area (Å²) in [5.41, 5.74) is 1.18. The van der Waals surface area contributed by atoms with E-state index in [0.29, 0.717) is 19.0 Å². The highest BCUT2D eigenvalue weighted by Crippen LogP contribution is 2.24. The SMILES string of the molecule is CC1CCN(S(=O)(=O)c2ccc(C(=O)OCC(=O)N(C)C(C)c3ccccc3)cc2)CC1. The van der Waals surface area contributed by atoms with Gasteiger partial charge in [0.1, 0.15) is 0 Å². The van der Waals surface area contributed by atoms with Gasteiger partial charge in [-0.3, -0.25) is 4.79 Å². The van der Waals surface area contributed by atoms with Crippen LogP contribution in [-0.4, -0.2) is 56.2 Å². The van der Waals surface area contributed by atoms with Gasteiger partial charge in [0.2, 0.25) is 10.0 Å². The second kappa shape index (κ2) is 10.3. The van der Waals surface area contributed by atoms with Crippen molar-refractivity contribution < 1.29 is 22.7 Å². The smallest absolute Gasteiger partial charge is 0.338 e. The van der Waals surface area contributed by atoms with Crippen LogP contribution < -0.4 is 0 Å². The zero-order valence-corrected chi connectivity index (χ0v) is 19.5. The van der Waals surface area contributed by atoms with Gasteiger partial charge < -0.3 is 9.64 Å². The number of esters is 1. The summed E-state index contributed by atoms with van der Waals surface area (Å²) in [6, 6.07) is 15.1. The maximum Gasteiger partial charge on any atom is 0.338 e. The monoisotopic (exact) mass is 458 g/mol. The van der Waals surface area contributed by atoms with Crippen LogP contribution in [0.5, 0.6) is 0 Å². The van der Waals surface area contributed by atoms with Crippen LogP contribution in [0.3, 0.4) is 0 Å². The summed E-state index contributed by atoms with van der Waals surface area (Å²) >= 11 is 0. The Morgan fingerprint density at radius 2 is 1.66 bits per heavy atom. The molecular weight excluding hydrogens is 428 g/mol. The van der Waals surface area contributed by atoms with Crippen molar-refractivity contribution in [2.75, 3.05) is 26.7 Å². The number of amides is 1. The number of ether oxygens (including phenoxy) is 1. The van der Waals surface area contributed by atoms with Gasteiger partial charge in [-0.15, -0.1) is 0 Å². The lowest BCUT2D eigenvalue weighted by Gasteiger charge is -2.29. The Bertz CT molecular complexity index is 1030. The molecule has 0 aromatic heterocycles. The lowest BCUT2D eigenvalue weighted by Crippen LogP contribution is -2.37. The first kappa shape index (κ1) is 23.9. The van der Waals surface area contributed by atoms with Crippen LogP contribution in [0.2, 0.25) is 0 Å². The van der Waals surface area contributed by atoms with Crippen LogP contribution in [0.15, 0.2) is 59.5 Å². The lowest BCUT2D eigenvalue weighted by molar-refractivity contribution is -0.135. The van der Waals surface area contributed by atoms with Crippen molar-refractivity contribution in [1.82, 2.24) is 9.21 Å². The first-order valence-electron chi connectivity index (χ1n) is 10.8. The summed E-state index contributed by atoms with van der Waals surface area (Å²) in [5.74, 6) is -0.473. The second-order valence-corrected chi connectivity index (χ2v) is 10.2. The molecule has 0 N–H and O–H groups in total. The van der Waals surface area contributed by atoms with E-state index in [1.54, 1.807) is 7.05 Å². The predicted molar refractivity (Wildman–Crippen MR) is 122 cm³/mol. The van der Waals surface area contributed by atoms with E-state index in [4.69, 9.17) is 4.74 Å². The van der Waals surface area contributed by atoms with E-state index in [0.717, 1.165) is 18.4 Å². The van der Waals surface area contributed by atoms with Crippen LogP contribution in [0, 0.1) is 5.92 Å². The Labute approximate surface area is 190 Å². The third-order valence-corrected chi connectivity index (χ3v) is 7.97. The zero-order chi connectivity index (χ0) is 23.3. The van der Waals surface area contributed by atoms with E-state index in [2.05, 4.69) is 6.92 Å². The molecule has 1 aliphatic rings. The van der Waals surface area contributed by atoms with Crippen LogP contribution in [0.25, 0.3) is 0 Å². The van der Waals surface area contributed by atoms with Crippen molar-refractivity contribution in [1.29, 1.82) is 0 Å². The molecule has 2 aromatic carbocycles. The first-order chi connectivity index (χ1) is 15.2. The van der Waals surface area contributed by atoms with Crippen molar-refractivity contribution in [3.05, 3.63) is 65.7 Å². The van der Waals surface area contributed by atoms with E-state index in [1.807, 2.05) is 37.3 Å². The van der Waals surface area contributed by atoms with Gasteiger partial charge in [0.15, 0.2) is 6.61 Å². The minimum Gasteiger partial charge on any atom is -0.452 e. The molecule has 2 aromatic rings. The molecule has 0 saturated carbocycles. The summed E-state index contributed by atoms with van der Waals surface area (Å²) in [7, 11) is -1.92. The number of carbonyl (C=O) groups is 2. The maximum atomic E-state index is 12.8. The van der Waals surface area contributed by atoms with E-state index < -0.39 is 22.6 Å². The number of benzene rings is 2. The van der Waals surface area contributed by atoms with Gasteiger partial charge in [-0.25, -0.2) is 13.2 Å². The molecule has 7 nitrogen and oxygen atoms in total. The largest absolute Gasteiger partial charge is 0.452 e. The van der Waals surface area contributed by atoms with E-state index in [1.165, 1.54) is 33.5 Å². The first-order valence-corrected chi connectivity index (χ1v) is 12.2. The molecule has 172 valence electrons. The third kappa shape index (κ3) is 5.55. The quantitative estimate of drug-likeness (QED) is 0.593. The molecule has 1 fully saturated rings. The molecular formula is C24H30N2O5S. The number of piperidine rings is 1. The normalized spacial score (nSPS) is 16.3. The molecule has 1 heterocycles.